The lowest BCUT2D eigenvalue weighted by molar-refractivity contribution is -0.145. The molecule has 20 heteroatoms. The number of hydrogen-bond donors (Lipinski definition) is 12. The van der Waals surface area contributed by atoms with Crippen LogP contribution in [-0.2, 0) is 28.8 Å². The highest BCUT2D eigenvalue weighted by Crippen LogP contribution is 2.20. The summed E-state index contributed by atoms with van der Waals surface area (Å²) in [5.74, 6) is -4.37. The van der Waals surface area contributed by atoms with Crippen LogP contribution in [0.5, 0.6) is 0 Å². The van der Waals surface area contributed by atoms with E-state index in [0.717, 1.165) is 6.42 Å². The molecule has 0 aliphatic carbocycles. The number of Topliss-reactive ketones (excluding diaryl/α,β-unsaturated/α-hetero) is 1. The number of guanidine groups is 1. The maximum atomic E-state index is 13.6. The molecule has 4 amide bonds. The fourth-order valence-electron chi connectivity index (χ4n) is 5.59. The molecular formula is C33H60N12O7S. The van der Waals surface area contributed by atoms with Crippen LogP contribution in [0.15, 0.2) is 17.1 Å². The van der Waals surface area contributed by atoms with Crippen molar-refractivity contribution in [3.05, 3.63) is 12.2 Å². The minimum Gasteiger partial charge on any atom is -0.480 e. The number of aliphatic imine (C=N–C) groups is 1. The molecule has 17 N–H and O–H groups in total. The SMILES string of the molecule is N=C(N)CCCCC[C@H](NC(=O)[C@@H](N)CS)C(=O)NCCCC[C@H](N)C(=O)C[C@@H](CCN)C(=O)N1CC=C[C@H]1C(=O)N[C@@H](CCCN=C(N)N)C(=O)O. The van der Waals surface area contributed by atoms with Crippen LogP contribution in [0.2, 0.25) is 0 Å². The van der Waals surface area contributed by atoms with E-state index in [1.165, 1.54) is 11.0 Å². The lowest BCUT2D eigenvalue weighted by Gasteiger charge is -2.29. The molecule has 1 aliphatic rings. The molecule has 1 rings (SSSR count). The van der Waals surface area contributed by atoms with Crippen LogP contribution >= 0.6 is 12.6 Å². The Labute approximate surface area is 316 Å². The molecule has 0 unspecified atom stereocenters. The van der Waals surface area contributed by atoms with Crippen molar-refractivity contribution < 1.29 is 33.9 Å². The van der Waals surface area contributed by atoms with E-state index in [9.17, 15) is 33.9 Å². The summed E-state index contributed by atoms with van der Waals surface area (Å²) in [6, 6.07) is -4.85. The van der Waals surface area contributed by atoms with Gasteiger partial charge in [0.15, 0.2) is 5.96 Å². The van der Waals surface area contributed by atoms with Crippen LogP contribution in [0.3, 0.4) is 0 Å². The van der Waals surface area contributed by atoms with Gasteiger partial charge in [-0.2, -0.15) is 12.6 Å². The van der Waals surface area contributed by atoms with Gasteiger partial charge in [0, 0.05) is 44.1 Å². The number of ketones is 1. The third-order valence-electron chi connectivity index (χ3n) is 8.64. The first-order valence-electron chi connectivity index (χ1n) is 17.9. The molecule has 0 aromatic rings. The van der Waals surface area contributed by atoms with E-state index in [4.69, 9.17) is 39.8 Å². The third-order valence-corrected chi connectivity index (χ3v) is 9.03. The highest BCUT2D eigenvalue weighted by atomic mass is 32.1. The minimum absolute atomic E-state index is 0.0610. The second kappa shape index (κ2) is 25.7. The van der Waals surface area contributed by atoms with Gasteiger partial charge in [-0.15, -0.1) is 0 Å². The van der Waals surface area contributed by atoms with Crippen LogP contribution in [0, 0.1) is 11.3 Å². The summed E-state index contributed by atoms with van der Waals surface area (Å²) in [7, 11) is 0. The average Bonchev–Trinajstić information content (AvgIpc) is 3.60. The van der Waals surface area contributed by atoms with Crippen molar-refractivity contribution in [3.8, 4) is 0 Å². The number of carboxylic acids is 1. The van der Waals surface area contributed by atoms with Crippen LogP contribution in [-0.4, -0.2) is 119 Å². The summed E-state index contributed by atoms with van der Waals surface area (Å²) in [4.78, 5) is 81.9. The number of amidine groups is 1. The van der Waals surface area contributed by atoms with Gasteiger partial charge in [-0.1, -0.05) is 25.0 Å². The highest BCUT2D eigenvalue weighted by Gasteiger charge is 2.36. The van der Waals surface area contributed by atoms with Gasteiger partial charge in [0.05, 0.1) is 17.9 Å². The predicted molar refractivity (Wildman–Crippen MR) is 204 cm³/mol. The number of nitrogens with one attached hydrogen (secondary N) is 4. The molecule has 0 saturated heterocycles. The molecule has 0 aromatic heterocycles. The first kappa shape index (κ1) is 46.8. The highest BCUT2D eigenvalue weighted by molar-refractivity contribution is 7.80. The first-order valence-corrected chi connectivity index (χ1v) is 18.6. The molecular weight excluding hydrogens is 709 g/mol. The number of amides is 4. The van der Waals surface area contributed by atoms with Crippen molar-refractivity contribution in [2.75, 3.05) is 31.9 Å². The van der Waals surface area contributed by atoms with Crippen molar-refractivity contribution in [2.45, 2.75) is 107 Å². The summed E-state index contributed by atoms with van der Waals surface area (Å²) < 4.78 is 0. The van der Waals surface area contributed by atoms with E-state index in [1.54, 1.807) is 6.08 Å². The number of carbonyl (C=O) groups is 6. The van der Waals surface area contributed by atoms with Crippen molar-refractivity contribution in [2.24, 2.45) is 45.3 Å². The van der Waals surface area contributed by atoms with E-state index in [-0.39, 0.29) is 74.7 Å². The molecule has 0 aromatic carbocycles. The number of hydrogen-bond acceptors (Lipinski definition) is 12. The Bertz CT molecular complexity index is 1300. The van der Waals surface area contributed by atoms with Crippen molar-refractivity contribution in [1.82, 2.24) is 20.9 Å². The van der Waals surface area contributed by atoms with Crippen LogP contribution < -0.4 is 50.4 Å². The lowest BCUT2D eigenvalue weighted by Crippen LogP contribution is -2.52. The zero-order valence-corrected chi connectivity index (χ0v) is 31.2. The number of carboxylic acid groups (broad SMARTS) is 1. The zero-order valence-electron chi connectivity index (χ0n) is 30.3. The predicted octanol–water partition coefficient (Wildman–Crippen LogP) is -2.46. The molecule has 53 heavy (non-hydrogen) atoms. The van der Waals surface area contributed by atoms with Gasteiger partial charge in [-0.25, -0.2) is 4.79 Å². The Kier molecular flexibility index (Phi) is 22.6. The number of aliphatic carboxylic acids is 1. The maximum absolute atomic E-state index is 13.6. The summed E-state index contributed by atoms with van der Waals surface area (Å²) in [6.45, 7) is 0.657. The van der Waals surface area contributed by atoms with Gasteiger partial charge in [0.25, 0.3) is 0 Å². The fraction of sp³-hybridized carbons (Fsp3) is 0.697. The quantitative estimate of drug-likeness (QED) is 0.0129. The Morgan fingerprint density at radius 3 is 2.19 bits per heavy atom. The summed E-state index contributed by atoms with van der Waals surface area (Å²) in [6.07, 6.45) is 7.62. The van der Waals surface area contributed by atoms with E-state index < -0.39 is 59.8 Å². The summed E-state index contributed by atoms with van der Waals surface area (Å²) in [5.41, 5.74) is 33.7. The molecule has 1 heterocycles. The Balaban J connectivity index is 2.68. The Hall–Kier alpha value is -4.27. The summed E-state index contributed by atoms with van der Waals surface area (Å²) in [5, 5.41) is 24.9. The smallest absolute Gasteiger partial charge is 0.326 e. The van der Waals surface area contributed by atoms with Gasteiger partial charge in [-0.05, 0) is 57.9 Å². The molecule has 6 atom stereocenters. The second-order valence-electron chi connectivity index (χ2n) is 13.0. The van der Waals surface area contributed by atoms with Gasteiger partial charge in [0.2, 0.25) is 23.6 Å². The molecule has 0 radical (unpaired) electrons. The van der Waals surface area contributed by atoms with Crippen molar-refractivity contribution in [1.29, 1.82) is 5.41 Å². The summed E-state index contributed by atoms with van der Waals surface area (Å²) >= 11 is 4.04. The van der Waals surface area contributed by atoms with Gasteiger partial charge in [0.1, 0.15) is 23.9 Å². The van der Waals surface area contributed by atoms with Crippen LogP contribution in [0.4, 0.5) is 0 Å². The number of thiol groups is 1. The van der Waals surface area contributed by atoms with Gasteiger partial charge < -0.3 is 60.4 Å². The first-order chi connectivity index (χ1) is 25.1. The molecule has 300 valence electrons. The maximum Gasteiger partial charge on any atom is 0.326 e. The van der Waals surface area contributed by atoms with E-state index in [0.29, 0.717) is 51.4 Å². The standard InChI is InChI=1S/C33H60N12O7S/c34-14-13-20(31(50)45-17-7-11-25(45)30(49)44-24(32(51)52)10-6-16-42-33(39)40)18-26(46)21(35)8-4-5-15-41-29(48)23(43-28(47)22(36)19-53)9-2-1-3-12-27(37)38/h7,11,20-25,53H,1-6,8-10,12-19,34-36H2,(H3,37,38)(H,41,48)(H,43,47)(H,44,49)(H,51,52)(H4,39,40,42)/t20-,21+,22+,23+,24+,25+/m1/s1. The second-order valence-corrected chi connectivity index (χ2v) is 13.4. The normalized spacial score (nSPS) is 16.5. The third kappa shape index (κ3) is 18.4. The van der Waals surface area contributed by atoms with Gasteiger partial charge in [-0.3, -0.25) is 34.4 Å². The zero-order chi connectivity index (χ0) is 39.9. The number of nitrogens with two attached hydrogens (primary N) is 6. The molecule has 0 saturated carbocycles. The monoisotopic (exact) mass is 768 g/mol. The minimum atomic E-state index is -1.25. The van der Waals surface area contributed by atoms with Crippen LogP contribution in [0.25, 0.3) is 0 Å². The number of nitrogens with zero attached hydrogens (tertiary/aromatic N) is 2. The van der Waals surface area contributed by atoms with E-state index >= 15 is 0 Å². The van der Waals surface area contributed by atoms with E-state index in [1.807, 2.05) is 0 Å². The lowest BCUT2D eigenvalue weighted by atomic mass is 9.92. The molecule has 0 bridgehead atoms. The molecule has 0 fully saturated rings. The number of unbranched alkanes of at least 4 members (excludes halogenated alkanes) is 3. The van der Waals surface area contributed by atoms with E-state index in [2.05, 4.69) is 33.6 Å². The fourth-order valence-corrected chi connectivity index (χ4v) is 5.76. The Morgan fingerprint density at radius 2 is 1.57 bits per heavy atom. The molecule has 1 aliphatic heterocycles. The molecule has 0 spiro atoms. The van der Waals surface area contributed by atoms with Gasteiger partial charge >= 0.3 is 5.97 Å². The van der Waals surface area contributed by atoms with Crippen molar-refractivity contribution in [3.63, 3.8) is 0 Å². The van der Waals surface area contributed by atoms with Crippen LogP contribution in [0.1, 0.15) is 77.0 Å². The molecule has 19 nitrogen and oxygen atoms in total. The van der Waals surface area contributed by atoms with Crippen molar-refractivity contribution >= 4 is 59.8 Å². The Morgan fingerprint density at radius 1 is 0.887 bits per heavy atom. The number of carbonyl (C=O) groups excluding carboxylic acids is 5. The topological polar surface area (TPSA) is 354 Å². The average molecular weight is 769 g/mol. The number of rotatable bonds is 28. The largest absolute Gasteiger partial charge is 0.480 e.